The molecule has 9 heterocycles. The summed E-state index contributed by atoms with van der Waals surface area (Å²) in [5.41, 5.74) is 7.99. The van der Waals surface area contributed by atoms with Crippen molar-refractivity contribution < 1.29 is 58.1 Å². The molecule has 3 atom stereocenters. The van der Waals surface area contributed by atoms with Crippen LogP contribution in [-0.4, -0.2) is 121 Å². The number of esters is 3. The fourth-order valence-electron chi connectivity index (χ4n) is 13.2. The van der Waals surface area contributed by atoms with E-state index in [1.54, 1.807) is 107 Å². The lowest BCUT2D eigenvalue weighted by molar-refractivity contribution is 0.0581. The number of halogens is 1. The Morgan fingerprint density at radius 1 is 0.413 bits per heavy atom. The van der Waals surface area contributed by atoms with E-state index in [2.05, 4.69) is 66.8 Å². The quantitative estimate of drug-likeness (QED) is 0.0280. The van der Waals surface area contributed by atoms with E-state index in [-0.39, 0.29) is 17.9 Å². The van der Waals surface area contributed by atoms with Crippen molar-refractivity contribution in [2.75, 3.05) is 58.6 Å². The Kier molecular flexibility index (Phi) is 24.6. The van der Waals surface area contributed by atoms with Crippen LogP contribution in [0.1, 0.15) is 135 Å². The molecule has 9 aromatic heterocycles. The number of thiazole rings is 3. The zero-order chi connectivity index (χ0) is 77.0. The van der Waals surface area contributed by atoms with Crippen LogP contribution in [0.25, 0.3) is 21.1 Å². The van der Waals surface area contributed by atoms with Crippen LogP contribution in [0, 0.1) is 20.8 Å². The first-order valence-electron chi connectivity index (χ1n) is 34.7. The highest BCUT2D eigenvalue weighted by molar-refractivity contribution is 9.10. The molecule has 3 aliphatic carbocycles. The number of hydrogen-bond donors (Lipinski definition) is 6. The van der Waals surface area contributed by atoms with Crippen LogP contribution in [0.4, 0.5) is 34.9 Å². The molecular weight excluding hydrogens is 1510 g/mol. The molecule has 3 aromatic carbocycles. The van der Waals surface area contributed by atoms with Crippen molar-refractivity contribution in [3.05, 3.63) is 256 Å². The third-order valence-corrected chi connectivity index (χ3v) is 22.1. The van der Waals surface area contributed by atoms with Crippen molar-refractivity contribution in [2.45, 2.75) is 95.4 Å². The van der Waals surface area contributed by atoms with Crippen molar-refractivity contribution in [3.8, 4) is 38.4 Å². The summed E-state index contributed by atoms with van der Waals surface area (Å²) >= 11 is 7.65. The first-order valence-corrected chi connectivity index (χ1v) is 38.0. The molecule has 3 aliphatic rings. The number of nitrogens with one attached hydrogen (secondary N) is 3. The first-order chi connectivity index (χ1) is 52.6. The highest BCUT2D eigenvalue weighted by atomic mass is 79.9. The van der Waals surface area contributed by atoms with E-state index in [0.717, 1.165) is 126 Å². The van der Waals surface area contributed by atoms with E-state index in [9.17, 15) is 29.7 Å². The van der Waals surface area contributed by atoms with Gasteiger partial charge in [-0.05, 0) is 236 Å². The Hall–Kier alpha value is -11.0. The summed E-state index contributed by atoms with van der Waals surface area (Å²) in [6.45, 7) is 6.01. The summed E-state index contributed by atoms with van der Waals surface area (Å²) in [4.78, 5) is 77.4. The Morgan fingerprint density at radius 2 is 0.771 bits per heavy atom. The summed E-state index contributed by atoms with van der Waals surface area (Å²) in [6.07, 6.45) is 16.9. The molecule has 6 N–H and O–H groups in total. The maximum atomic E-state index is 12.0. The zero-order valence-electron chi connectivity index (χ0n) is 61.2. The lowest BCUT2D eigenvalue weighted by atomic mass is 9.79. The van der Waals surface area contributed by atoms with Crippen LogP contribution in [0.15, 0.2) is 175 Å². The number of rotatable bonds is 17. The van der Waals surface area contributed by atoms with Crippen LogP contribution >= 0.6 is 49.9 Å². The van der Waals surface area contributed by atoms with Gasteiger partial charge in [0.25, 0.3) is 0 Å². The number of anilines is 6. The normalized spacial score (nSPS) is 16.6. The smallest absolute Gasteiger partial charge is 0.337 e. The number of fused-ring (bicyclic) bond motifs is 3. The highest BCUT2D eigenvalue weighted by Gasteiger charge is 2.42. The van der Waals surface area contributed by atoms with Gasteiger partial charge in [-0.2, -0.15) is 0 Å². The second-order valence-electron chi connectivity index (χ2n) is 25.9. The number of aliphatic hydroxyl groups is 3. The second-order valence-corrected chi connectivity index (χ2v) is 29.7. The minimum Gasteiger partial charge on any atom is -0.497 e. The van der Waals surface area contributed by atoms with Gasteiger partial charge >= 0.3 is 17.9 Å². The number of ether oxygens (including phenoxy) is 6. The van der Waals surface area contributed by atoms with Crippen LogP contribution in [-0.2, 0) is 50.3 Å². The number of methoxy groups -OCH3 is 6. The molecule has 560 valence electrons. The molecule has 0 aliphatic heterocycles. The van der Waals surface area contributed by atoms with Gasteiger partial charge in [-0.3, -0.25) is 0 Å². The lowest BCUT2D eigenvalue weighted by Gasteiger charge is -2.33. The molecule has 0 spiro atoms. The van der Waals surface area contributed by atoms with Crippen LogP contribution in [0.3, 0.4) is 0 Å². The molecule has 0 radical (unpaired) electrons. The number of nitrogens with zero attached hydrogens (tertiary/aromatic N) is 9. The monoisotopic (exact) mass is 1590 g/mol. The van der Waals surface area contributed by atoms with Crippen LogP contribution in [0.2, 0.25) is 0 Å². The molecular formula is C81H79BrN12O12S3. The predicted octanol–water partition coefficient (Wildman–Crippen LogP) is 15.8. The Labute approximate surface area is 650 Å². The number of carbonyl (C=O) groups excluding carboxylic acids is 3. The van der Waals surface area contributed by atoms with E-state index in [1.165, 1.54) is 55.3 Å². The molecule has 28 heteroatoms. The molecule has 0 fully saturated rings. The Balaban J connectivity index is 0.000000142. The average molecular weight is 1590 g/mol. The molecule has 12 aromatic rings. The molecule has 15 rings (SSSR count). The summed E-state index contributed by atoms with van der Waals surface area (Å²) in [5, 5.41) is 47.9. The fraction of sp³-hybridized carbons (Fsp3) is 0.259. The predicted molar refractivity (Wildman–Crippen MR) is 422 cm³/mol. The summed E-state index contributed by atoms with van der Waals surface area (Å²) in [5.74, 6) is 5.04. The summed E-state index contributed by atoms with van der Waals surface area (Å²) < 4.78 is 30.9. The number of aryl methyl sites for hydroxylation is 6. The van der Waals surface area contributed by atoms with Gasteiger partial charge in [-0.25, -0.2) is 59.2 Å². The first kappa shape index (κ1) is 77.6. The number of pyridine rings is 6. The minimum atomic E-state index is -1.22. The van der Waals surface area contributed by atoms with E-state index in [4.69, 9.17) is 38.4 Å². The van der Waals surface area contributed by atoms with Gasteiger partial charge in [0, 0.05) is 60.8 Å². The van der Waals surface area contributed by atoms with Crippen LogP contribution in [0.5, 0.6) is 17.2 Å². The van der Waals surface area contributed by atoms with Gasteiger partial charge < -0.3 is 59.7 Å². The average Bonchev–Trinajstić information content (AvgIpc) is 1.77. The van der Waals surface area contributed by atoms with Crippen molar-refractivity contribution in [1.82, 2.24) is 44.9 Å². The molecule has 24 nitrogen and oxygen atoms in total. The third kappa shape index (κ3) is 18.1. The molecule has 0 saturated heterocycles. The van der Waals surface area contributed by atoms with Gasteiger partial charge in [0.1, 0.15) is 88.6 Å². The molecule has 109 heavy (non-hydrogen) atoms. The summed E-state index contributed by atoms with van der Waals surface area (Å²) in [6, 6.07) is 38.5. The van der Waals surface area contributed by atoms with E-state index < -0.39 is 16.8 Å². The number of aromatic nitrogens is 9. The standard InChI is InChI=1S/2C27H26N4O4S.C15H15NO3S.C12H12BrN3O/c2*1-16-11-21(30-24(12-16)31-23-14-19(34-2)8-10-28-23)22-15-29-26(36-22)27(33)9-4-5-17-13-18(25(32)35-3)6-7-20(17)27;1-19-13(17)11-4-5-12-10(9-11)3-2-6-15(12,18)14-16-7-8-20-14;1-8-5-10(13)15-12(6-8)16-11-7-9(17-2)3-4-14-11/h2*6-8,10-15,33H,4-5,9H2,1-3H3,(H,28,30,31);4-5,7-9,18H,2-3,6H2,1H3;3-7H,1-2H3,(H,14,15,16)/t2*27-;;/m10../s1. The van der Waals surface area contributed by atoms with E-state index in [1.807, 2.05) is 105 Å². The summed E-state index contributed by atoms with van der Waals surface area (Å²) in [7, 11) is 8.94. The zero-order valence-corrected chi connectivity index (χ0v) is 65.2. The van der Waals surface area contributed by atoms with Gasteiger partial charge in [0.15, 0.2) is 0 Å². The minimum absolute atomic E-state index is 0.351. The maximum absolute atomic E-state index is 12.0. The third-order valence-electron chi connectivity index (χ3n) is 18.4. The maximum Gasteiger partial charge on any atom is 0.337 e. The Bertz CT molecular complexity index is 5040. The molecule has 1 unspecified atom stereocenters. The second kappa shape index (κ2) is 34.5. The Morgan fingerprint density at radius 3 is 1.11 bits per heavy atom. The van der Waals surface area contributed by atoms with Gasteiger partial charge in [0.05, 0.1) is 80.5 Å². The van der Waals surface area contributed by atoms with Crippen molar-refractivity contribution in [1.29, 1.82) is 0 Å². The number of carbonyl (C=O) groups is 3. The van der Waals surface area contributed by atoms with Crippen molar-refractivity contribution in [2.24, 2.45) is 0 Å². The lowest BCUT2D eigenvalue weighted by Crippen LogP contribution is -2.32. The number of benzene rings is 3. The van der Waals surface area contributed by atoms with Crippen molar-refractivity contribution >= 4 is 103 Å². The van der Waals surface area contributed by atoms with Gasteiger partial charge in [-0.15, -0.1) is 34.0 Å². The topological polar surface area (TPSA) is 319 Å². The number of hydrogen-bond acceptors (Lipinski definition) is 27. The SMILES string of the molecule is COC(=O)c1ccc2c(c1)CCCC2(O)c1nccs1.COC(=O)c1ccc2c(c1)CCC[C@@]2(O)c1ncc(-c2cc(C)cc(Nc3cc(OC)ccn3)n2)s1.COC(=O)c1ccc2c(c1)CCC[C@]2(O)c1ncc(-c2cc(C)cc(Nc3cc(OC)ccn3)n2)s1.COc1ccnc(Nc2cc(C)cc(Br)n2)c1. The highest BCUT2D eigenvalue weighted by Crippen LogP contribution is 2.47. The van der Waals surface area contributed by atoms with Gasteiger partial charge in [-0.1, -0.05) is 18.2 Å². The molecule has 0 bridgehead atoms. The largest absolute Gasteiger partial charge is 0.497 e. The fourth-order valence-corrected chi connectivity index (χ4v) is 16.6. The molecule has 0 amide bonds. The van der Waals surface area contributed by atoms with E-state index >= 15 is 0 Å². The van der Waals surface area contributed by atoms with Gasteiger partial charge in [0.2, 0.25) is 0 Å². The van der Waals surface area contributed by atoms with Crippen molar-refractivity contribution in [3.63, 3.8) is 0 Å². The molecule has 0 saturated carbocycles. The van der Waals surface area contributed by atoms with E-state index in [0.29, 0.717) is 91.6 Å². The van der Waals surface area contributed by atoms with Crippen LogP contribution < -0.4 is 30.2 Å².